The maximum absolute atomic E-state index is 5.99. The molecule has 1 heterocycles. The normalized spacial score (nSPS) is 11.6. The number of benzene rings is 1. The molecule has 0 radical (unpaired) electrons. The molecule has 3 heteroatoms. The molecule has 0 aliphatic rings. The number of rotatable bonds is 7. The molecule has 0 fully saturated rings. The number of aromatic nitrogens is 1. The Morgan fingerprint density at radius 3 is 2.84 bits per heavy atom. The van der Waals surface area contributed by atoms with Gasteiger partial charge in [-0.25, -0.2) is 0 Å². The Labute approximate surface area is 120 Å². The molecule has 0 saturated carbocycles. The lowest BCUT2D eigenvalue weighted by molar-refractivity contribution is 0.517. The Morgan fingerprint density at radius 1 is 1.21 bits per heavy atom. The molecule has 19 heavy (non-hydrogen) atoms. The van der Waals surface area contributed by atoms with Crippen LogP contribution in [0.15, 0.2) is 30.5 Å². The summed E-state index contributed by atoms with van der Waals surface area (Å²) in [6.45, 7) is 7.69. The van der Waals surface area contributed by atoms with Crippen LogP contribution in [0.3, 0.4) is 0 Å². The number of nitrogens with one attached hydrogen (secondary N) is 1. The van der Waals surface area contributed by atoms with Crippen molar-refractivity contribution in [1.29, 1.82) is 0 Å². The minimum atomic E-state index is 0.803. The van der Waals surface area contributed by atoms with E-state index in [2.05, 4.69) is 42.1 Å². The highest BCUT2D eigenvalue weighted by Gasteiger charge is 2.01. The first-order chi connectivity index (χ1) is 9.16. The SMILES string of the molecule is CC(C)CCCNCCn1ccc2cc(Cl)ccc21. The number of fused-ring (bicyclic) bond motifs is 1. The number of hydrogen-bond donors (Lipinski definition) is 1. The lowest BCUT2D eigenvalue weighted by atomic mass is 10.1. The molecule has 0 amide bonds. The molecule has 2 aromatic rings. The average Bonchev–Trinajstić information content (AvgIpc) is 2.75. The van der Waals surface area contributed by atoms with E-state index in [1.54, 1.807) is 0 Å². The monoisotopic (exact) mass is 278 g/mol. The van der Waals surface area contributed by atoms with Gasteiger partial charge >= 0.3 is 0 Å². The minimum Gasteiger partial charge on any atom is -0.346 e. The fourth-order valence-corrected chi connectivity index (χ4v) is 2.51. The van der Waals surface area contributed by atoms with Gasteiger partial charge in [0.2, 0.25) is 0 Å². The van der Waals surface area contributed by atoms with Gasteiger partial charge in [-0.15, -0.1) is 0 Å². The zero-order valence-electron chi connectivity index (χ0n) is 11.8. The fraction of sp³-hybridized carbons (Fsp3) is 0.500. The van der Waals surface area contributed by atoms with Gasteiger partial charge in [-0.3, -0.25) is 0 Å². The Hall–Kier alpha value is -0.990. The van der Waals surface area contributed by atoms with Crippen molar-refractivity contribution in [2.45, 2.75) is 33.2 Å². The van der Waals surface area contributed by atoms with Gasteiger partial charge in [-0.05, 0) is 49.6 Å². The van der Waals surface area contributed by atoms with E-state index in [-0.39, 0.29) is 0 Å². The number of hydrogen-bond acceptors (Lipinski definition) is 1. The molecule has 0 atom stereocenters. The van der Waals surface area contributed by atoms with Crippen LogP contribution in [0.25, 0.3) is 10.9 Å². The van der Waals surface area contributed by atoms with E-state index in [0.29, 0.717) is 0 Å². The van der Waals surface area contributed by atoms with E-state index < -0.39 is 0 Å². The van der Waals surface area contributed by atoms with Crippen LogP contribution in [0.2, 0.25) is 5.02 Å². The van der Waals surface area contributed by atoms with Gasteiger partial charge in [0.15, 0.2) is 0 Å². The Bertz CT molecular complexity index is 516. The number of nitrogens with zero attached hydrogens (tertiary/aromatic N) is 1. The summed E-state index contributed by atoms with van der Waals surface area (Å²) in [5.74, 6) is 0.806. The molecule has 0 aliphatic heterocycles. The highest BCUT2D eigenvalue weighted by atomic mass is 35.5. The van der Waals surface area contributed by atoms with Gasteiger partial charge in [-0.2, -0.15) is 0 Å². The lowest BCUT2D eigenvalue weighted by Gasteiger charge is -2.08. The summed E-state index contributed by atoms with van der Waals surface area (Å²) < 4.78 is 2.28. The molecule has 2 nitrogen and oxygen atoms in total. The summed E-state index contributed by atoms with van der Waals surface area (Å²) in [6.07, 6.45) is 4.70. The van der Waals surface area contributed by atoms with Crippen LogP contribution in [-0.4, -0.2) is 17.7 Å². The van der Waals surface area contributed by atoms with Crippen molar-refractivity contribution in [3.63, 3.8) is 0 Å². The van der Waals surface area contributed by atoms with Gasteiger partial charge in [-0.1, -0.05) is 25.4 Å². The minimum absolute atomic E-state index is 0.803. The van der Waals surface area contributed by atoms with Gasteiger partial charge < -0.3 is 9.88 Å². The second-order valence-corrected chi connectivity index (χ2v) is 5.93. The quantitative estimate of drug-likeness (QED) is 0.747. The molecular weight excluding hydrogens is 256 g/mol. The molecule has 0 bridgehead atoms. The molecule has 2 rings (SSSR count). The fourth-order valence-electron chi connectivity index (χ4n) is 2.33. The van der Waals surface area contributed by atoms with Crippen LogP contribution in [0.5, 0.6) is 0 Å². The summed E-state index contributed by atoms with van der Waals surface area (Å²) in [6, 6.07) is 8.19. The molecule has 1 N–H and O–H groups in total. The second-order valence-electron chi connectivity index (χ2n) is 5.50. The van der Waals surface area contributed by atoms with Gasteiger partial charge in [0.05, 0.1) is 0 Å². The number of halogens is 1. The van der Waals surface area contributed by atoms with Crippen molar-refractivity contribution in [3.8, 4) is 0 Å². The summed E-state index contributed by atoms with van der Waals surface area (Å²) in [5, 5.41) is 5.53. The van der Waals surface area contributed by atoms with Crippen LogP contribution >= 0.6 is 11.6 Å². The Balaban J connectivity index is 1.79. The van der Waals surface area contributed by atoms with E-state index in [1.165, 1.54) is 23.7 Å². The second kappa shape index (κ2) is 6.97. The van der Waals surface area contributed by atoms with Crippen molar-refractivity contribution in [2.24, 2.45) is 5.92 Å². The third-order valence-corrected chi connectivity index (χ3v) is 3.63. The van der Waals surface area contributed by atoms with E-state index in [9.17, 15) is 0 Å². The molecule has 0 unspecified atom stereocenters. The van der Waals surface area contributed by atoms with Crippen molar-refractivity contribution in [1.82, 2.24) is 9.88 Å². The zero-order valence-corrected chi connectivity index (χ0v) is 12.6. The predicted molar refractivity (Wildman–Crippen MR) is 83.9 cm³/mol. The molecule has 1 aromatic carbocycles. The molecule has 1 aromatic heterocycles. The van der Waals surface area contributed by atoms with Crippen molar-refractivity contribution in [2.75, 3.05) is 13.1 Å². The smallest absolute Gasteiger partial charge is 0.0481 e. The topological polar surface area (TPSA) is 17.0 Å². The Morgan fingerprint density at radius 2 is 2.05 bits per heavy atom. The zero-order chi connectivity index (χ0) is 13.7. The summed E-state index contributed by atoms with van der Waals surface area (Å²) >= 11 is 5.99. The van der Waals surface area contributed by atoms with Crippen molar-refractivity contribution < 1.29 is 0 Å². The molecular formula is C16H23ClN2. The van der Waals surface area contributed by atoms with E-state index in [1.807, 2.05) is 12.1 Å². The Kier molecular flexibility index (Phi) is 5.29. The van der Waals surface area contributed by atoms with Gasteiger partial charge in [0, 0.05) is 35.2 Å². The van der Waals surface area contributed by atoms with Gasteiger partial charge in [0.25, 0.3) is 0 Å². The lowest BCUT2D eigenvalue weighted by Crippen LogP contribution is -2.21. The summed E-state index contributed by atoms with van der Waals surface area (Å²) in [5.41, 5.74) is 1.26. The summed E-state index contributed by atoms with van der Waals surface area (Å²) in [4.78, 5) is 0. The first kappa shape index (κ1) is 14.4. The first-order valence-corrected chi connectivity index (χ1v) is 7.50. The van der Waals surface area contributed by atoms with Crippen LogP contribution in [0, 0.1) is 5.92 Å². The standard InChI is InChI=1S/C16H23ClN2/c1-13(2)4-3-8-18-9-11-19-10-7-14-12-15(17)5-6-16(14)19/h5-7,10,12-13,18H,3-4,8-9,11H2,1-2H3. The molecule has 104 valence electrons. The molecule has 0 saturated heterocycles. The third kappa shape index (κ3) is 4.26. The van der Waals surface area contributed by atoms with E-state index >= 15 is 0 Å². The highest BCUT2D eigenvalue weighted by Crippen LogP contribution is 2.20. The van der Waals surface area contributed by atoms with Crippen molar-refractivity contribution >= 4 is 22.5 Å². The van der Waals surface area contributed by atoms with Crippen LogP contribution in [-0.2, 0) is 6.54 Å². The largest absolute Gasteiger partial charge is 0.346 e. The van der Waals surface area contributed by atoms with Crippen molar-refractivity contribution in [3.05, 3.63) is 35.5 Å². The predicted octanol–water partition coefficient (Wildman–Crippen LogP) is 4.32. The maximum Gasteiger partial charge on any atom is 0.0481 e. The average molecular weight is 279 g/mol. The first-order valence-electron chi connectivity index (χ1n) is 7.12. The van der Waals surface area contributed by atoms with Crippen LogP contribution in [0.1, 0.15) is 26.7 Å². The molecule has 0 spiro atoms. The third-order valence-electron chi connectivity index (χ3n) is 3.40. The van der Waals surface area contributed by atoms with Crippen LogP contribution in [0.4, 0.5) is 0 Å². The van der Waals surface area contributed by atoms with E-state index in [0.717, 1.165) is 30.6 Å². The van der Waals surface area contributed by atoms with Gasteiger partial charge in [0.1, 0.15) is 0 Å². The maximum atomic E-state index is 5.99. The highest BCUT2D eigenvalue weighted by molar-refractivity contribution is 6.31. The van der Waals surface area contributed by atoms with Crippen LogP contribution < -0.4 is 5.32 Å². The summed E-state index contributed by atoms with van der Waals surface area (Å²) in [7, 11) is 0. The van der Waals surface area contributed by atoms with E-state index in [4.69, 9.17) is 11.6 Å². The molecule has 0 aliphatic carbocycles.